The van der Waals surface area contributed by atoms with Gasteiger partial charge in [0.25, 0.3) is 10.0 Å². The highest BCUT2D eigenvalue weighted by atomic mass is 35.5. The lowest BCUT2D eigenvalue weighted by Crippen LogP contribution is -2.52. The molecule has 0 bridgehead atoms. The first-order valence-electron chi connectivity index (χ1n) is 12.8. The quantitative estimate of drug-likeness (QED) is 0.320. The number of sulfonamides is 1. The van der Waals surface area contributed by atoms with E-state index in [1.54, 1.807) is 57.2 Å². The van der Waals surface area contributed by atoms with Gasteiger partial charge in [0.05, 0.1) is 17.2 Å². The van der Waals surface area contributed by atoms with Crippen LogP contribution in [0.5, 0.6) is 5.75 Å². The third kappa shape index (κ3) is 7.73. The van der Waals surface area contributed by atoms with Crippen LogP contribution in [0.4, 0.5) is 10.1 Å². The lowest BCUT2D eigenvalue weighted by molar-refractivity contribution is -0.139. The molecule has 0 unspecified atom stereocenters. The van der Waals surface area contributed by atoms with E-state index in [1.165, 1.54) is 17.0 Å². The molecule has 0 aliphatic carbocycles. The molecular weight excluding hydrogens is 557 g/mol. The van der Waals surface area contributed by atoms with Gasteiger partial charge in [-0.3, -0.25) is 13.9 Å². The second-order valence-corrected chi connectivity index (χ2v) is 11.6. The summed E-state index contributed by atoms with van der Waals surface area (Å²) in [7, 11) is -4.32. The Morgan fingerprint density at radius 1 is 0.975 bits per heavy atom. The first-order valence-corrected chi connectivity index (χ1v) is 14.6. The highest BCUT2D eigenvalue weighted by Crippen LogP contribution is 2.27. The molecule has 0 saturated heterocycles. The van der Waals surface area contributed by atoms with Crippen LogP contribution in [-0.4, -0.2) is 50.4 Å². The molecule has 0 aliphatic rings. The number of carbonyl (C=O) groups is 2. The Morgan fingerprint density at radius 2 is 1.60 bits per heavy atom. The van der Waals surface area contributed by atoms with Crippen molar-refractivity contribution < 1.29 is 27.1 Å². The van der Waals surface area contributed by atoms with Gasteiger partial charge in [0.15, 0.2) is 0 Å². The van der Waals surface area contributed by atoms with Gasteiger partial charge in [0, 0.05) is 17.6 Å². The molecule has 1 N–H and O–H groups in total. The summed E-state index contributed by atoms with van der Waals surface area (Å²) in [4.78, 5) is 27.9. The molecule has 3 rings (SSSR count). The van der Waals surface area contributed by atoms with E-state index in [4.69, 9.17) is 16.3 Å². The van der Waals surface area contributed by atoms with Crippen LogP contribution < -0.4 is 14.4 Å². The molecule has 214 valence electrons. The molecule has 2 amide bonds. The molecule has 40 heavy (non-hydrogen) atoms. The van der Waals surface area contributed by atoms with Gasteiger partial charge in [0.1, 0.15) is 24.2 Å². The molecule has 3 aromatic carbocycles. The summed E-state index contributed by atoms with van der Waals surface area (Å²) in [5, 5.41) is 3.20. The number of nitrogens with one attached hydrogen (secondary N) is 1. The summed E-state index contributed by atoms with van der Waals surface area (Å²) in [6.45, 7) is 6.75. The zero-order valence-electron chi connectivity index (χ0n) is 22.8. The minimum atomic E-state index is -4.32. The molecule has 8 nitrogen and oxygen atoms in total. The van der Waals surface area contributed by atoms with Crippen LogP contribution in [0.25, 0.3) is 0 Å². The van der Waals surface area contributed by atoms with Crippen molar-refractivity contribution in [3.63, 3.8) is 0 Å². The maximum Gasteiger partial charge on any atom is 0.264 e. The van der Waals surface area contributed by atoms with Crippen LogP contribution in [0.15, 0.2) is 77.7 Å². The fourth-order valence-electron chi connectivity index (χ4n) is 3.94. The third-order valence-corrected chi connectivity index (χ3v) is 8.17. The van der Waals surface area contributed by atoms with E-state index in [0.29, 0.717) is 22.9 Å². The smallest absolute Gasteiger partial charge is 0.264 e. The summed E-state index contributed by atoms with van der Waals surface area (Å²) in [5.74, 6) is -1.11. The number of hydrogen-bond acceptors (Lipinski definition) is 5. The Kier molecular flexibility index (Phi) is 10.5. The maximum atomic E-state index is 13.9. The van der Waals surface area contributed by atoms with Crippen molar-refractivity contribution >= 4 is 39.1 Å². The molecular formula is C29H33ClFN3O5S. The van der Waals surface area contributed by atoms with E-state index in [2.05, 4.69) is 5.32 Å². The number of amides is 2. The zero-order valence-corrected chi connectivity index (χ0v) is 24.4. The van der Waals surface area contributed by atoms with Crippen molar-refractivity contribution in [3.05, 3.63) is 89.2 Å². The first-order chi connectivity index (χ1) is 18.9. The highest BCUT2D eigenvalue weighted by Gasteiger charge is 2.33. The molecule has 0 saturated carbocycles. The molecule has 1 atom stereocenters. The monoisotopic (exact) mass is 589 g/mol. The average molecular weight is 590 g/mol. The predicted octanol–water partition coefficient (Wildman–Crippen LogP) is 5.02. The Labute approximate surface area is 239 Å². The van der Waals surface area contributed by atoms with E-state index in [1.807, 2.05) is 6.92 Å². The Balaban J connectivity index is 2.04. The highest BCUT2D eigenvalue weighted by molar-refractivity contribution is 7.92. The molecule has 0 heterocycles. The van der Waals surface area contributed by atoms with Crippen molar-refractivity contribution in [1.82, 2.24) is 10.2 Å². The molecule has 0 aliphatic heterocycles. The van der Waals surface area contributed by atoms with Gasteiger partial charge in [-0.15, -0.1) is 0 Å². The largest absolute Gasteiger partial charge is 0.494 e. The van der Waals surface area contributed by atoms with Crippen molar-refractivity contribution in [2.24, 2.45) is 0 Å². The van der Waals surface area contributed by atoms with Crippen LogP contribution >= 0.6 is 11.6 Å². The number of ether oxygens (including phenoxy) is 1. The summed E-state index contributed by atoms with van der Waals surface area (Å²) >= 11 is 6.36. The van der Waals surface area contributed by atoms with Crippen LogP contribution in [-0.2, 0) is 26.2 Å². The number of benzene rings is 3. The molecule has 11 heteroatoms. The van der Waals surface area contributed by atoms with Gasteiger partial charge in [0.2, 0.25) is 11.8 Å². The topological polar surface area (TPSA) is 96.0 Å². The van der Waals surface area contributed by atoms with Gasteiger partial charge in [-0.1, -0.05) is 29.8 Å². The number of hydrogen-bond donors (Lipinski definition) is 1. The second kappa shape index (κ2) is 13.6. The second-order valence-electron chi connectivity index (χ2n) is 9.34. The van der Waals surface area contributed by atoms with Crippen LogP contribution in [0.2, 0.25) is 5.02 Å². The SMILES string of the molecule is CCOc1ccc(N(CC(=O)N(Cc2ccccc2Cl)[C@@H](C)C(=O)NC(C)C)S(=O)(=O)c2ccc(F)cc2)cc1. The third-order valence-electron chi connectivity index (χ3n) is 6.01. The minimum Gasteiger partial charge on any atom is -0.494 e. The Bertz CT molecular complexity index is 1420. The average Bonchev–Trinajstić information content (AvgIpc) is 2.91. The molecule has 0 spiro atoms. The van der Waals surface area contributed by atoms with Crippen molar-refractivity contribution in [1.29, 1.82) is 0 Å². The fourth-order valence-corrected chi connectivity index (χ4v) is 5.55. The predicted molar refractivity (Wildman–Crippen MR) is 153 cm³/mol. The van der Waals surface area contributed by atoms with Crippen molar-refractivity contribution in [3.8, 4) is 5.75 Å². The Morgan fingerprint density at radius 3 is 2.17 bits per heavy atom. The molecule has 3 aromatic rings. The van der Waals surface area contributed by atoms with E-state index in [9.17, 15) is 22.4 Å². The number of halogens is 2. The lowest BCUT2D eigenvalue weighted by atomic mass is 10.1. The number of carbonyl (C=O) groups excluding carboxylic acids is 2. The van der Waals surface area contributed by atoms with Crippen LogP contribution in [0.1, 0.15) is 33.3 Å². The maximum absolute atomic E-state index is 13.9. The normalized spacial score (nSPS) is 12.1. The van der Waals surface area contributed by atoms with Gasteiger partial charge in [-0.2, -0.15) is 0 Å². The van der Waals surface area contributed by atoms with Crippen LogP contribution in [0, 0.1) is 5.82 Å². The molecule has 0 radical (unpaired) electrons. The molecule has 0 aromatic heterocycles. The summed E-state index contributed by atoms with van der Waals surface area (Å²) in [6, 6.07) is 16.4. The minimum absolute atomic E-state index is 0.0289. The number of rotatable bonds is 12. The van der Waals surface area contributed by atoms with E-state index < -0.39 is 40.2 Å². The van der Waals surface area contributed by atoms with E-state index in [-0.39, 0.29) is 23.2 Å². The summed E-state index contributed by atoms with van der Waals surface area (Å²) in [5.41, 5.74) is 0.786. The van der Waals surface area contributed by atoms with Gasteiger partial charge in [-0.05, 0) is 87.9 Å². The first kappa shape index (κ1) is 30.9. The summed E-state index contributed by atoms with van der Waals surface area (Å²) < 4.78 is 47.5. The van der Waals surface area contributed by atoms with Gasteiger partial charge < -0.3 is 15.0 Å². The number of nitrogens with zero attached hydrogens (tertiary/aromatic N) is 2. The van der Waals surface area contributed by atoms with Crippen LogP contribution in [0.3, 0.4) is 0 Å². The fraction of sp³-hybridized carbons (Fsp3) is 0.310. The summed E-state index contributed by atoms with van der Waals surface area (Å²) in [6.07, 6.45) is 0. The number of anilines is 1. The van der Waals surface area contributed by atoms with Gasteiger partial charge >= 0.3 is 0 Å². The standard InChI is InChI=1S/C29H33ClFN3O5S/c1-5-39-25-14-12-24(13-15-25)34(40(37,38)26-16-10-23(31)11-17-26)19-28(35)33(21(4)29(36)32-20(2)3)18-22-8-6-7-9-27(22)30/h6-17,20-21H,5,18-19H2,1-4H3,(H,32,36)/t21-/m0/s1. The van der Waals surface area contributed by atoms with E-state index in [0.717, 1.165) is 28.6 Å². The van der Waals surface area contributed by atoms with Gasteiger partial charge in [-0.25, -0.2) is 12.8 Å². The Hall–Kier alpha value is -3.63. The van der Waals surface area contributed by atoms with Crippen molar-refractivity contribution in [2.75, 3.05) is 17.5 Å². The molecule has 0 fully saturated rings. The zero-order chi connectivity index (χ0) is 29.4. The van der Waals surface area contributed by atoms with E-state index >= 15 is 0 Å². The lowest BCUT2D eigenvalue weighted by Gasteiger charge is -2.32. The van der Waals surface area contributed by atoms with Crippen molar-refractivity contribution in [2.45, 2.75) is 51.2 Å².